The lowest BCUT2D eigenvalue weighted by Crippen LogP contribution is -2.43. The second-order valence-electron chi connectivity index (χ2n) is 5.60. The minimum absolute atomic E-state index is 0.115. The molecule has 1 aliphatic rings. The highest BCUT2D eigenvalue weighted by Crippen LogP contribution is 2.22. The average molecular weight is 293 g/mol. The van der Waals surface area contributed by atoms with Crippen molar-refractivity contribution >= 4 is 11.9 Å². The van der Waals surface area contributed by atoms with Crippen molar-refractivity contribution in [1.82, 2.24) is 4.90 Å². The number of aryl methyl sites for hydroxylation is 1. The van der Waals surface area contributed by atoms with Crippen LogP contribution in [-0.4, -0.2) is 34.5 Å². The number of carboxylic acids is 1. The van der Waals surface area contributed by atoms with Crippen molar-refractivity contribution in [3.8, 4) is 0 Å². The average Bonchev–Trinajstić information content (AvgIpc) is 2.93. The highest BCUT2D eigenvalue weighted by molar-refractivity contribution is 5.85. The molecule has 2 rings (SSSR count). The zero-order chi connectivity index (χ0) is 15.4. The van der Waals surface area contributed by atoms with Gasteiger partial charge in [0, 0.05) is 12.5 Å². The minimum atomic E-state index is -0.932. The lowest BCUT2D eigenvalue weighted by molar-refractivity contribution is -0.149. The van der Waals surface area contributed by atoms with Crippen LogP contribution in [0.3, 0.4) is 0 Å². The van der Waals surface area contributed by atoms with E-state index >= 15 is 0 Å². The van der Waals surface area contributed by atoms with Gasteiger partial charge in [0.25, 0.3) is 0 Å². The molecule has 0 aliphatic carbocycles. The van der Waals surface area contributed by atoms with Gasteiger partial charge in [-0.3, -0.25) is 4.79 Å². The zero-order valence-electron chi connectivity index (χ0n) is 12.1. The monoisotopic (exact) mass is 293 g/mol. The van der Waals surface area contributed by atoms with Crippen LogP contribution in [0.1, 0.15) is 31.7 Å². The Morgan fingerprint density at radius 3 is 2.90 bits per heavy atom. The number of halogens is 1. The van der Waals surface area contributed by atoms with Crippen molar-refractivity contribution in [2.24, 2.45) is 5.92 Å². The number of aliphatic carboxylic acids is 1. The summed E-state index contributed by atoms with van der Waals surface area (Å²) in [7, 11) is 0. The number of carbonyl (C=O) groups excluding carboxylic acids is 1. The van der Waals surface area contributed by atoms with Gasteiger partial charge in [-0.25, -0.2) is 9.18 Å². The molecule has 5 heteroatoms. The van der Waals surface area contributed by atoms with Crippen LogP contribution in [0.25, 0.3) is 0 Å². The maximum absolute atomic E-state index is 13.1. The van der Waals surface area contributed by atoms with Crippen molar-refractivity contribution < 1.29 is 19.1 Å². The molecule has 1 aliphatic heterocycles. The summed E-state index contributed by atoms with van der Waals surface area (Å²) in [4.78, 5) is 24.9. The van der Waals surface area contributed by atoms with Gasteiger partial charge in [0.1, 0.15) is 11.9 Å². The van der Waals surface area contributed by atoms with Crippen molar-refractivity contribution in [2.45, 2.75) is 38.6 Å². The minimum Gasteiger partial charge on any atom is -0.480 e. The number of rotatable bonds is 5. The maximum atomic E-state index is 13.1. The molecule has 1 fully saturated rings. The van der Waals surface area contributed by atoms with E-state index < -0.39 is 12.0 Å². The number of hydrogen-bond acceptors (Lipinski definition) is 2. The summed E-state index contributed by atoms with van der Waals surface area (Å²) < 4.78 is 13.1. The fourth-order valence-electron chi connectivity index (χ4n) is 2.77. The third kappa shape index (κ3) is 3.80. The van der Waals surface area contributed by atoms with Gasteiger partial charge in [0.2, 0.25) is 5.91 Å². The van der Waals surface area contributed by atoms with E-state index in [1.54, 1.807) is 13.0 Å². The first-order chi connectivity index (χ1) is 9.99. The van der Waals surface area contributed by atoms with E-state index in [9.17, 15) is 14.0 Å². The molecule has 1 saturated heterocycles. The number of carboxylic acid groups (broad SMARTS) is 1. The van der Waals surface area contributed by atoms with Gasteiger partial charge >= 0.3 is 5.97 Å². The molecular formula is C16H20FNO3. The van der Waals surface area contributed by atoms with Crippen molar-refractivity contribution in [2.75, 3.05) is 6.54 Å². The van der Waals surface area contributed by atoms with Gasteiger partial charge in [-0.2, -0.15) is 0 Å². The SMILES string of the molecule is CC(CCc1cccc(F)c1)C(=O)N1CCC[C@@H]1C(=O)O. The largest absolute Gasteiger partial charge is 0.480 e. The number of carbonyl (C=O) groups is 2. The van der Waals surface area contributed by atoms with E-state index in [4.69, 9.17) is 5.11 Å². The van der Waals surface area contributed by atoms with Gasteiger partial charge < -0.3 is 10.0 Å². The normalized spacial score (nSPS) is 19.5. The molecule has 1 aromatic rings. The van der Waals surface area contributed by atoms with Gasteiger partial charge in [-0.1, -0.05) is 19.1 Å². The number of amides is 1. The van der Waals surface area contributed by atoms with Crippen LogP contribution in [-0.2, 0) is 16.0 Å². The number of likely N-dealkylation sites (tertiary alicyclic amines) is 1. The Balaban J connectivity index is 1.92. The fraction of sp³-hybridized carbons (Fsp3) is 0.500. The smallest absolute Gasteiger partial charge is 0.326 e. The first-order valence-corrected chi connectivity index (χ1v) is 7.26. The molecule has 0 radical (unpaired) electrons. The lowest BCUT2D eigenvalue weighted by atomic mass is 9.99. The van der Waals surface area contributed by atoms with E-state index in [1.807, 2.05) is 6.07 Å². The molecule has 1 aromatic carbocycles. The highest BCUT2D eigenvalue weighted by atomic mass is 19.1. The van der Waals surface area contributed by atoms with Crippen molar-refractivity contribution in [1.29, 1.82) is 0 Å². The van der Waals surface area contributed by atoms with Crippen LogP contribution in [0.15, 0.2) is 24.3 Å². The van der Waals surface area contributed by atoms with Crippen LogP contribution in [0.4, 0.5) is 4.39 Å². The summed E-state index contributed by atoms with van der Waals surface area (Å²) in [5, 5.41) is 9.12. The van der Waals surface area contributed by atoms with Gasteiger partial charge in [0.05, 0.1) is 0 Å². The molecule has 4 nitrogen and oxygen atoms in total. The van der Waals surface area contributed by atoms with Crippen molar-refractivity contribution in [3.05, 3.63) is 35.6 Å². The summed E-state index contributed by atoms with van der Waals surface area (Å²) in [6.07, 6.45) is 2.46. The molecule has 114 valence electrons. The van der Waals surface area contributed by atoms with Crippen LogP contribution in [0, 0.1) is 11.7 Å². The van der Waals surface area contributed by atoms with Gasteiger partial charge in [-0.15, -0.1) is 0 Å². The third-order valence-corrected chi connectivity index (χ3v) is 4.00. The number of benzene rings is 1. The molecule has 0 spiro atoms. The first kappa shape index (κ1) is 15.5. The predicted octanol–water partition coefficient (Wildman–Crippen LogP) is 2.47. The van der Waals surface area contributed by atoms with E-state index in [2.05, 4.69) is 0 Å². The Morgan fingerprint density at radius 1 is 1.48 bits per heavy atom. The van der Waals surface area contributed by atoms with E-state index in [-0.39, 0.29) is 17.6 Å². The molecule has 1 amide bonds. The summed E-state index contributed by atoms with van der Waals surface area (Å²) in [6, 6.07) is 5.65. The van der Waals surface area contributed by atoms with E-state index in [0.29, 0.717) is 25.8 Å². The molecule has 0 bridgehead atoms. The molecule has 2 atom stereocenters. The Bertz CT molecular complexity index is 532. The molecule has 0 saturated carbocycles. The molecule has 21 heavy (non-hydrogen) atoms. The summed E-state index contributed by atoms with van der Waals surface area (Å²) in [6.45, 7) is 2.32. The Kier molecular flexibility index (Phi) is 4.94. The first-order valence-electron chi connectivity index (χ1n) is 7.26. The summed E-state index contributed by atoms with van der Waals surface area (Å²) in [5.41, 5.74) is 0.853. The van der Waals surface area contributed by atoms with Crippen LogP contribution in [0.5, 0.6) is 0 Å². The molecule has 0 aromatic heterocycles. The van der Waals surface area contributed by atoms with Gasteiger partial charge in [-0.05, 0) is 43.4 Å². The van der Waals surface area contributed by atoms with E-state index in [0.717, 1.165) is 12.0 Å². The quantitative estimate of drug-likeness (QED) is 0.907. The number of nitrogens with zero attached hydrogens (tertiary/aromatic N) is 1. The second-order valence-corrected chi connectivity index (χ2v) is 5.60. The highest BCUT2D eigenvalue weighted by Gasteiger charge is 2.35. The lowest BCUT2D eigenvalue weighted by Gasteiger charge is -2.24. The molecular weight excluding hydrogens is 273 g/mol. The second kappa shape index (κ2) is 6.70. The standard InChI is InChI=1S/C16H20FNO3/c1-11(7-8-12-4-2-5-13(17)10-12)15(19)18-9-3-6-14(18)16(20)21/h2,4-5,10-11,14H,3,6-9H2,1H3,(H,20,21)/t11?,14-/m1/s1. The summed E-state index contributed by atoms with van der Waals surface area (Å²) in [5.74, 6) is -1.58. The third-order valence-electron chi connectivity index (χ3n) is 4.00. The Morgan fingerprint density at radius 2 is 2.24 bits per heavy atom. The number of hydrogen-bond donors (Lipinski definition) is 1. The van der Waals surface area contributed by atoms with Crippen molar-refractivity contribution in [3.63, 3.8) is 0 Å². The Hall–Kier alpha value is -1.91. The molecule has 1 heterocycles. The van der Waals surface area contributed by atoms with Crippen LogP contribution >= 0.6 is 0 Å². The topological polar surface area (TPSA) is 57.6 Å². The van der Waals surface area contributed by atoms with E-state index in [1.165, 1.54) is 17.0 Å². The van der Waals surface area contributed by atoms with Crippen LogP contribution in [0.2, 0.25) is 0 Å². The fourth-order valence-corrected chi connectivity index (χ4v) is 2.77. The predicted molar refractivity (Wildman–Crippen MR) is 76.3 cm³/mol. The van der Waals surface area contributed by atoms with Crippen LogP contribution < -0.4 is 0 Å². The summed E-state index contributed by atoms with van der Waals surface area (Å²) >= 11 is 0. The zero-order valence-corrected chi connectivity index (χ0v) is 12.1. The molecule has 1 unspecified atom stereocenters. The maximum Gasteiger partial charge on any atom is 0.326 e. The van der Waals surface area contributed by atoms with Gasteiger partial charge in [0.15, 0.2) is 0 Å². The molecule has 1 N–H and O–H groups in total. The Labute approximate surface area is 123 Å².